The molecule has 1 rings (SSSR count). The van der Waals surface area contributed by atoms with Crippen molar-refractivity contribution in [2.45, 2.75) is 11.4 Å². The molecule has 4 nitrogen and oxygen atoms in total. The van der Waals surface area contributed by atoms with Crippen LogP contribution in [0.2, 0.25) is 0 Å². The Morgan fingerprint density at radius 3 is 2.81 bits per heavy atom. The summed E-state index contributed by atoms with van der Waals surface area (Å²) in [7, 11) is -3.41. The van der Waals surface area contributed by atoms with Crippen LogP contribution in [0.5, 0.6) is 0 Å². The third kappa shape index (κ3) is 3.71. The molecule has 0 aliphatic rings. The van der Waals surface area contributed by atoms with Gasteiger partial charge in [-0.05, 0) is 28.3 Å². The number of nitrogens with one attached hydrogen (secondary N) is 1. The van der Waals surface area contributed by atoms with E-state index in [1.807, 2.05) is 6.26 Å². The maximum atomic E-state index is 11.9. The molecule has 0 amide bonds. The molecule has 16 heavy (non-hydrogen) atoms. The second kappa shape index (κ2) is 6.36. The topological polar surface area (TPSA) is 72.2 Å². The molecule has 0 atom stereocenters. The molecule has 0 spiro atoms. The average molecular weight is 345 g/mol. The van der Waals surface area contributed by atoms with Crippen LogP contribution in [0.3, 0.4) is 0 Å². The molecular weight excluding hydrogens is 332 g/mol. The number of thioether (sulfide) groups is 1. The van der Waals surface area contributed by atoms with Crippen molar-refractivity contribution in [1.82, 2.24) is 4.72 Å². The van der Waals surface area contributed by atoms with Crippen LogP contribution in [-0.4, -0.2) is 27.0 Å². The number of thiophene rings is 1. The zero-order valence-electron chi connectivity index (χ0n) is 8.70. The lowest BCUT2D eigenvalue weighted by Gasteiger charge is -2.04. The van der Waals surface area contributed by atoms with Crippen molar-refractivity contribution in [3.8, 4) is 0 Å². The summed E-state index contributed by atoms with van der Waals surface area (Å²) in [6.07, 6.45) is 1.93. The molecule has 0 aromatic carbocycles. The predicted octanol–water partition coefficient (Wildman–Crippen LogP) is 1.61. The summed E-state index contributed by atoms with van der Waals surface area (Å²) in [6, 6.07) is 1.61. The molecule has 0 radical (unpaired) electrons. The highest BCUT2D eigenvalue weighted by molar-refractivity contribution is 9.11. The minimum absolute atomic E-state index is 0.277. The van der Waals surface area contributed by atoms with Crippen molar-refractivity contribution < 1.29 is 8.42 Å². The summed E-state index contributed by atoms with van der Waals surface area (Å²) in [4.78, 5) is 1.12. The number of halogens is 1. The monoisotopic (exact) mass is 344 g/mol. The third-order valence-corrected chi connectivity index (χ3v) is 6.14. The van der Waals surface area contributed by atoms with Gasteiger partial charge in [0.05, 0.1) is 3.79 Å². The van der Waals surface area contributed by atoms with Gasteiger partial charge in [0.15, 0.2) is 0 Å². The molecule has 0 fully saturated rings. The second-order valence-corrected chi connectivity index (χ2v) is 8.12. The minimum atomic E-state index is -3.41. The van der Waals surface area contributed by atoms with E-state index in [1.54, 1.807) is 17.8 Å². The highest BCUT2D eigenvalue weighted by atomic mass is 79.9. The van der Waals surface area contributed by atoms with Gasteiger partial charge in [-0.2, -0.15) is 11.8 Å². The minimum Gasteiger partial charge on any atom is -0.326 e. The largest absolute Gasteiger partial charge is 0.326 e. The zero-order chi connectivity index (χ0) is 12.2. The van der Waals surface area contributed by atoms with Gasteiger partial charge in [0.1, 0.15) is 4.90 Å². The molecule has 0 unspecified atom stereocenters. The number of sulfonamides is 1. The van der Waals surface area contributed by atoms with E-state index in [1.165, 1.54) is 11.3 Å². The standard InChI is InChI=1S/C8H13BrN2O2S3/c1-14-3-2-11-16(12,13)7-4-6(5-10)15-8(7)9/h4,11H,2-3,5,10H2,1H3. The number of nitrogens with two attached hydrogens (primary N) is 1. The normalized spacial score (nSPS) is 11.9. The SMILES string of the molecule is CSCCNS(=O)(=O)c1cc(CN)sc1Br. The van der Waals surface area contributed by atoms with E-state index in [0.29, 0.717) is 16.9 Å². The molecule has 1 heterocycles. The molecule has 1 aromatic rings. The Hall–Kier alpha value is 0.400. The Morgan fingerprint density at radius 2 is 2.31 bits per heavy atom. The summed E-state index contributed by atoms with van der Waals surface area (Å²) in [6.45, 7) is 0.785. The van der Waals surface area contributed by atoms with Gasteiger partial charge in [0.2, 0.25) is 10.0 Å². The fraction of sp³-hybridized carbons (Fsp3) is 0.500. The summed E-state index contributed by atoms with van der Waals surface area (Å²) < 4.78 is 26.9. The molecule has 0 saturated heterocycles. The molecule has 0 bridgehead atoms. The van der Waals surface area contributed by atoms with Crippen molar-refractivity contribution in [1.29, 1.82) is 0 Å². The molecular formula is C8H13BrN2O2S3. The number of rotatable bonds is 6. The Kier molecular flexibility index (Phi) is 5.75. The summed E-state index contributed by atoms with van der Waals surface area (Å²) in [5.41, 5.74) is 5.47. The van der Waals surface area contributed by atoms with Gasteiger partial charge in [0.25, 0.3) is 0 Å². The molecule has 1 aromatic heterocycles. The van der Waals surface area contributed by atoms with E-state index in [9.17, 15) is 8.42 Å². The van der Waals surface area contributed by atoms with Gasteiger partial charge in [-0.25, -0.2) is 13.1 Å². The van der Waals surface area contributed by atoms with Gasteiger partial charge in [-0.1, -0.05) is 0 Å². The van der Waals surface area contributed by atoms with E-state index in [4.69, 9.17) is 5.73 Å². The highest BCUT2D eigenvalue weighted by Crippen LogP contribution is 2.31. The van der Waals surface area contributed by atoms with E-state index in [2.05, 4.69) is 20.7 Å². The van der Waals surface area contributed by atoms with Crippen molar-refractivity contribution in [3.05, 3.63) is 14.7 Å². The van der Waals surface area contributed by atoms with Crippen LogP contribution in [0.4, 0.5) is 0 Å². The van der Waals surface area contributed by atoms with Crippen LogP contribution in [0.25, 0.3) is 0 Å². The van der Waals surface area contributed by atoms with Gasteiger partial charge in [-0.15, -0.1) is 11.3 Å². The lowest BCUT2D eigenvalue weighted by molar-refractivity contribution is 0.584. The Labute approximate surface area is 112 Å². The quantitative estimate of drug-likeness (QED) is 0.769. The van der Waals surface area contributed by atoms with Crippen LogP contribution in [0, 0.1) is 0 Å². The zero-order valence-corrected chi connectivity index (χ0v) is 12.7. The van der Waals surface area contributed by atoms with Gasteiger partial charge >= 0.3 is 0 Å². The van der Waals surface area contributed by atoms with Crippen molar-refractivity contribution >= 4 is 49.1 Å². The fourth-order valence-corrected chi connectivity index (χ4v) is 5.06. The summed E-state index contributed by atoms with van der Waals surface area (Å²) in [5.74, 6) is 0.755. The van der Waals surface area contributed by atoms with E-state index >= 15 is 0 Å². The van der Waals surface area contributed by atoms with Crippen molar-refractivity contribution in [3.63, 3.8) is 0 Å². The average Bonchev–Trinajstić information content (AvgIpc) is 2.60. The smallest absolute Gasteiger partial charge is 0.242 e. The molecule has 3 N–H and O–H groups in total. The van der Waals surface area contributed by atoms with Crippen LogP contribution in [0.1, 0.15) is 4.88 Å². The van der Waals surface area contributed by atoms with Crippen LogP contribution >= 0.6 is 39.0 Å². The van der Waals surface area contributed by atoms with Gasteiger partial charge in [0, 0.05) is 23.7 Å². The summed E-state index contributed by atoms with van der Waals surface area (Å²) in [5, 5.41) is 0. The maximum Gasteiger partial charge on any atom is 0.242 e. The fourth-order valence-electron chi connectivity index (χ4n) is 1.04. The second-order valence-electron chi connectivity index (χ2n) is 2.95. The van der Waals surface area contributed by atoms with Crippen LogP contribution in [-0.2, 0) is 16.6 Å². The Morgan fingerprint density at radius 1 is 1.62 bits per heavy atom. The first-order chi connectivity index (χ1) is 7.51. The number of hydrogen-bond acceptors (Lipinski definition) is 5. The Bertz CT molecular complexity index is 444. The highest BCUT2D eigenvalue weighted by Gasteiger charge is 2.19. The molecule has 92 valence electrons. The van der Waals surface area contributed by atoms with E-state index in [0.717, 1.165) is 10.6 Å². The van der Waals surface area contributed by atoms with Crippen molar-refractivity contribution in [2.75, 3.05) is 18.6 Å². The van der Waals surface area contributed by atoms with Gasteiger partial charge in [-0.3, -0.25) is 0 Å². The lowest BCUT2D eigenvalue weighted by atomic mass is 10.5. The van der Waals surface area contributed by atoms with Crippen LogP contribution < -0.4 is 10.5 Å². The first-order valence-electron chi connectivity index (χ1n) is 4.48. The number of hydrogen-bond donors (Lipinski definition) is 2. The predicted molar refractivity (Wildman–Crippen MR) is 73.5 cm³/mol. The maximum absolute atomic E-state index is 11.9. The first kappa shape index (κ1) is 14.5. The van der Waals surface area contributed by atoms with Crippen LogP contribution in [0.15, 0.2) is 14.7 Å². The molecule has 8 heteroatoms. The lowest BCUT2D eigenvalue weighted by Crippen LogP contribution is -2.25. The third-order valence-electron chi connectivity index (χ3n) is 1.80. The molecule has 0 aliphatic carbocycles. The Balaban J connectivity index is 2.85. The molecule has 0 aliphatic heterocycles. The van der Waals surface area contributed by atoms with E-state index in [-0.39, 0.29) is 4.90 Å². The van der Waals surface area contributed by atoms with Gasteiger partial charge < -0.3 is 5.73 Å². The van der Waals surface area contributed by atoms with Crippen molar-refractivity contribution in [2.24, 2.45) is 5.73 Å². The van der Waals surface area contributed by atoms with E-state index < -0.39 is 10.0 Å². The first-order valence-corrected chi connectivity index (χ1v) is 8.96. The molecule has 0 saturated carbocycles. The summed E-state index contributed by atoms with van der Waals surface area (Å²) >= 11 is 6.18.